The van der Waals surface area contributed by atoms with Crippen molar-refractivity contribution in [3.05, 3.63) is 23.5 Å². The van der Waals surface area contributed by atoms with Gasteiger partial charge in [-0.15, -0.1) is 0 Å². The van der Waals surface area contributed by atoms with Gasteiger partial charge < -0.3 is 10.1 Å². The predicted octanol–water partition coefficient (Wildman–Crippen LogP) is 2.68. The van der Waals surface area contributed by atoms with Crippen LogP contribution < -0.4 is 10.6 Å². The van der Waals surface area contributed by atoms with Crippen molar-refractivity contribution >= 4 is 28.9 Å². The molecule has 30 heavy (non-hydrogen) atoms. The quantitative estimate of drug-likeness (QED) is 0.683. The van der Waals surface area contributed by atoms with Gasteiger partial charge in [-0.25, -0.2) is 19.3 Å². The fourth-order valence-corrected chi connectivity index (χ4v) is 2.48. The average molecular weight is 429 g/mol. The van der Waals surface area contributed by atoms with E-state index in [1.807, 2.05) is 27.7 Å². The minimum atomic E-state index is -4.62. The van der Waals surface area contributed by atoms with Crippen molar-refractivity contribution in [3.8, 4) is 0 Å². The zero-order valence-corrected chi connectivity index (χ0v) is 16.8. The fourth-order valence-electron chi connectivity index (χ4n) is 2.48. The first kappa shape index (κ1) is 23.1. The van der Waals surface area contributed by atoms with Crippen molar-refractivity contribution in [2.45, 2.75) is 45.8 Å². The maximum absolute atomic E-state index is 12.5. The summed E-state index contributed by atoms with van der Waals surface area (Å²) in [7, 11) is 0. The molecule has 0 fully saturated rings. The number of fused-ring (bicyclic) bond motifs is 1. The number of ether oxygens (including phenoxy) is 1. The van der Waals surface area contributed by atoms with Crippen molar-refractivity contribution in [2.75, 3.05) is 13.2 Å². The smallest absolute Gasteiger partial charge is 0.405 e. The van der Waals surface area contributed by atoms with Crippen LogP contribution in [0.4, 0.5) is 18.0 Å². The van der Waals surface area contributed by atoms with Crippen molar-refractivity contribution in [1.29, 1.82) is 0 Å². The van der Waals surface area contributed by atoms with Crippen LogP contribution in [0.3, 0.4) is 0 Å². The third kappa shape index (κ3) is 5.91. The molecule has 2 aromatic rings. The number of rotatable bonds is 6. The predicted molar refractivity (Wildman–Crippen MR) is 99.9 cm³/mol. The Morgan fingerprint density at radius 2 is 1.87 bits per heavy atom. The van der Waals surface area contributed by atoms with E-state index >= 15 is 0 Å². The summed E-state index contributed by atoms with van der Waals surface area (Å²) < 4.78 is 42.7. The molecular formula is C18H22F3N5O4. The molecule has 2 aromatic heterocycles. The number of nitrogens with one attached hydrogen (secondary N) is 2. The summed E-state index contributed by atoms with van der Waals surface area (Å²) in [6, 6.07) is 0.178. The van der Waals surface area contributed by atoms with E-state index < -0.39 is 37.2 Å². The zero-order chi connectivity index (χ0) is 22.6. The van der Waals surface area contributed by atoms with E-state index in [1.165, 1.54) is 17.6 Å². The molecule has 2 N–H and O–H groups in total. The summed E-state index contributed by atoms with van der Waals surface area (Å²) in [5.41, 5.74) is 1.25. The number of carbonyl (C=O) groups excluding carboxylic acids is 3. The Morgan fingerprint density at radius 3 is 2.43 bits per heavy atom. The van der Waals surface area contributed by atoms with E-state index in [1.54, 1.807) is 10.00 Å². The number of esters is 1. The van der Waals surface area contributed by atoms with Gasteiger partial charge in [-0.1, -0.05) is 13.8 Å². The molecule has 0 bridgehead atoms. The summed E-state index contributed by atoms with van der Waals surface area (Å²) in [6.07, 6.45) is -3.15. The molecule has 12 heteroatoms. The largest absolute Gasteiger partial charge is 0.452 e. The van der Waals surface area contributed by atoms with Crippen molar-refractivity contribution < 1.29 is 32.3 Å². The van der Waals surface area contributed by atoms with Gasteiger partial charge in [-0.2, -0.15) is 18.3 Å². The number of hydrogen-bond donors (Lipinski definition) is 2. The van der Waals surface area contributed by atoms with E-state index in [9.17, 15) is 27.6 Å². The first-order chi connectivity index (χ1) is 13.9. The number of hydrogen-bond acceptors (Lipinski definition) is 6. The number of alkyl halides is 3. The Bertz CT molecular complexity index is 953. The molecule has 2 heterocycles. The summed E-state index contributed by atoms with van der Waals surface area (Å²) in [5, 5.41) is 7.79. The highest BCUT2D eigenvalue weighted by atomic mass is 19.4. The normalized spacial score (nSPS) is 11.8. The number of nitrogens with zero attached hydrogens (tertiary/aromatic N) is 3. The molecule has 0 atom stereocenters. The molecule has 164 valence electrons. The second-order valence-corrected chi connectivity index (χ2v) is 7.09. The molecule has 0 radical (unpaired) electrons. The van der Waals surface area contributed by atoms with Gasteiger partial charge in [0.15, 0.2) is 12.3 Å². The minimum Gasteiger partial charge on any atom is -0.452 e. The van der Waals surface area contributed by atoms with Gasteiger partial charge in [-0.05, 0) is 25.8 Å². The monoisotopic (exact) mass is 429 g/mol. The van der Waals surface area contributed by atoms with Crippen LogP contribution in [0.2, 0.25) is 0 Å². The molecule has 0 aliphatic carbocycles. The number of aromatic nitrogens is 3. The number of halogens is 3. The topological polar surface area (TPSA) is 115 Å². The van der Waals surface area contributed by atoms with Crippen LogP contribution in [0.25, 0.3) is 11.0 Å². The Hall–Kier alpha value is -3.18. The lowest BCUT2D eigenvalue weighted by atomic mass is 10.1. The third-order valence-electron chi connectivity index (χ3n) is 3.92. The van der Waals surface area contributed by atoms with Gasteiger partial charge in [-0.3, -0.25) is 10.1 Å². The van der Waals surface area contributed by atoms with Crippen LogP contribution in [-0.4, -0.2) is 52.0 Å². The van der Waals surface area contributed by atoms with E-state index in [0.717, 1.165) is 0 Å². The standard InChI is InChI=1S/C18H22F3N5O4/c1-9(2)13-5-11(12-6-23-26(10(3)4)15(12)24-13)16(28)30-7-14(27)25-17(29)22-8-18(19,20)21/h5-6,9-10H,7-8H2,1-4H3,(H2,22,25,27,29). The number of urea groups is 1. The second kappa shape index (κ2) is 9.09. The lowest BCUT2D eigenvalue weighted by Gasteiger charge is -2.12. The molecule has 0 aromatic carbocycles. The fraction of sp³-hybridized carbons (Fsp3) is 0.500. The molecule has 3 amide bonds. The molecule has 0 saturated heterocycles. The van der Waals surface area contributed by atoms with Crippen molar-refractivity contribution in [3.63, 3.8) is 0 Å². The first-order valence-electron chi connectivity index (χ1n) is 9.08. The Balaban J connectivity index is 2.11. The lowest BCUT2D eigenvalue weighted by molar-refractivity contribution is -0.125. The molecule has 0 aliphatic rings. The maximum atomic E-state index is 12.5. The molecule has 9 nitrogen and oxygen atoms in total. The number of pyridine rings is 1. The number of imide groups is 1. The average Bonchev–Trinajstić information content (AvgIpc) is 3.07. The third-order valence-corrected chi connectivity index (χ3v) is 3.92. The van der Waals surface area contributed by atoms with E-state index in [4.69, 9.17) is 4.74 Å². The highest BCUT2D eigenvalue weighted by Gasteiger charge is 2.28. The highest BCUT2D eigenvalue weighted by Crippen LogP contribution is 2.24. The Morgan fingerprint density at radius 1 is 1.20 bits per heavy atom. The van der Waals surface area contributed by atoms with Crippen molar-refractivity contribution in [2.24, 2.45) is 0 Å². The maximum Gasteiger partial charge on any atom is 0.405 e. The van der Waals surface area contributed by atoms with Gasteiger partial charge >= 0.3 is 18.2 Å². The second-order valence-electron chi connectivity index (χ2n) is 7.09. The Labute approximate surface area is 170 Å². The zero-order valence-electron chi connectivity index (χ0n) is 16.8. The van der Waals surface area contributed by atoms with E-state index in [0.29, 0.717) is 16.7 Å². The first-order valence-corrected chi connectivity index (χ1v) is 9.08. The summed E-state index contributed by atoms with van der Waals surface area (Å²) >= 11 is 0. The molecule has 2 rings (SSSR count). The van der Waals surface area contributed by atoms with Gasteiger partial charge in [0.25, 0.3) is 5.91 Å². The summed E-state index contributed by atoms with van der Waals surface area (Å²) in [4.78, 5) is 40.0. The van der Waals surface area contributed by atoms with Crippen LogP contribution in [0.5, 0.6) is 0 Å². The van der Waals surface area contributed by atoms with Crippen LogP contribution >= 0.6 is 0 Å². The highest BCUT2D eigenvalue weighted by molar-refractivity contribution is 6.04. The van der Waals surface area contributed by atoms with Crippen LogP contribution in [0.15, 0.2) is 12.3 Å². The lowest BCUT2D eigenvalue weighted by Crippen LogP contribution is -2.44. The van der Waals surface area contributed by atoms with Gasteiger partial charge in [0.2, 0.25) is 0 Å². The van der Waals surface area contributed by atoms with Crippen LogP contribution in [0.1, 0.15) is 55.7 Å². The molecule has 0 unspecified atom stereocenters. The van der Waals surface area contributed by atoms with Gasteiger partial charge in [0.1, 0.15) is 6.54 Å². The SMILES string of the molecule is CC(C)c1cc(C(=O)OCC(=O)NC(=O)NCC(F)(F)F)c2cnn(C(C)C)c2n1. The molecule has 0 saturated carbocycles. The van der Waals surface area contributed by atoms with Crippen LogP contribution in [-0.2, 0) is 9.53 Å². The van der Waals surface area contributed by atoms with Gasteiger partial charge in [0, 0.05) is 11.7 Å². The molecule has 0 spiro atoms. The van der Waals surface area contributed by atoms with Crippen molar-refractivity contribution in [1.82, 2.24) is 25.4 Å². The van der Waals surface area contributed by atoms with Gasteiger partial charge in [0.05, 0.1) is 17.1 Å². The van der Waals surface area contributed by atoms with E-state index in [2.05, 4.69) is 10.1 Å². The van der Waals surface area contributed by atoms with E-state index in [-0.39, 0.29) is 17.5 Å². The molecule has 0 aliphatic heterocycles. The summed E-state index contributed by atoms with van der Waals surface area (Å²) in [5.74, 6) is -1.93. The number of amides is 3. The van der Waals surface area contributed by atoms with Crippen LogP contribution in [0, 0.1) is 0 Å². The number of carbonyl (C=O) groups is 3. The Kier molecular flexibility index (Phi) is 7.00. The summed E-state index contributed by atoms with van der Waals surface area (Å²) in [6.45, 7) is 5.15. The minimum absolute atomic E-state index is 0.00270. The molecular weight excluding hydrogens is 407 g/mol.